The van der Waals surface area contributed by atoms with E-state index in [1.165, 1.54) is 19.3 Å². The Kier molecular flexibility index (Phi) is 4.16. The molecular weight excluding hydrogens is 164 g/mol. The molecule has 3 heteroatoms. The van der Waals surface area contributed by atoms with Crippen LogP contribution in [-0.4, -0.2) is 19.3 Å². The van der Waals surface area contributed by atoms with Crippen molar-refractivity contribution in [2.75, 3.05) is 7.11 Å². The maximum absolute atomic E-state index is 5.57. The van der Waals surface area contributed by atoms with Gasteiger partial charge in [0.2, 0.25) is 0 Å². The van der Waals surface area contributed by atoms with Gasteiger partial charge in [-0.3, -0.25) is 11.3 Å². The van der Waals surface area contributed by atoms with Gasteiger partial charge in [0, 0.05) is 7.11 Å². The smallest absolute Gasteiger partial charge is 0.0763 e. The standard InChI is InChI=1S/C10H22N2O/c1-7(2)10(13-3)9(12-11)8-5-4-6-8/h7-10,12H,4-6,11H2,1-3H3. The van der Waals surface area contributed by atoms with E-state index in [0.717, 1.165) is 5.92 Å². The molecule has 0 amide bonds. The molecule has 0 spiro atoms. The molecule has 3 N–H and O–H groups in total. The number of nitrogens with two attached hydrogens (primary N) is 1. The third-order valence-corrected chi connectivity index (χ3v) is 3.13. The molecule has 0 aromatic carbocycles. The normalized spacial score (nSPS) is 22.8. The highest BCUT2D eigenvalue weighted by Gasteiger charge is 2.34. The Labute approximate surface area is 81.0 Å². The summed E-state index contributed by atoms with van der Waals surface area (Å²) in [6.45, 7) is 4.36. The maximum Gasteiger partial charge on any atom is 0.0763 e. The molecule has 1 fully saturated rings. The van der Waals surface area contributed by atoms with Crippen molar-refractivity contribution < 1.29 is 4.74 Å². The van der Waals surface area contributed by atoms with E-state index in [4.69, 9.17) is 10.6 Å². The Morgan fingerprint density at radius 1 is 1.38 bits per heavy atom. The second-order valence-electron chi connectivity index (χ2n) is 4.33. The fraction of sp³-hybridized carbons (Fsp3) is 1.00. The first-order valence-corrected chi connectivity index (χ1v) is 5.19. The minimum absolute atomic E-state index is 0.246. The van der Waals surface area contributed by atoms with Gasteiger partial charge in [0.25, 0.3) is 0 Å². The summed E-state index contributed by atoms with van der Waals surface area (Å²) in [5, 5.41) is 0. The lowest BCUT2D eigenvalue weighted by Crippen LogP contribution is -2.53. The zero-order chi connectivity index (χ0) is 9.84. The van der Waals surface area contributed by atoms with Crippen molar-refractivity contribution in [2.24, 2.45) is 17.7 Å². The van der Waals surface area contributed by atoms with Crippen LogP contribution in [0.5, 0.6) is 0 Å². The van der Waals surface area contributed by atoms with Crippen molar-refractivity contribution in [3.8, 4) is 0 Å². The van der Waals surface area contributed by atoms with Gasteiger partial charge in [-0.15, -0.1) is 0 Å². The predicted octanol–water partition coefficient (Wildman–Crippen LogP) is 1.29. The minimum atomic E-state index is 0.246. The lowest BCUT2D eigenvalue weighted by molar-refractivity contribution is 0.000600. The Bertz CT molecular complexity index is 146. The first kappa shape index (κ1) is 11.0. The molecule has 1 rings (SSSR count). The van der Waals surface area contributed by atoms with E-state index in [1.807, 2.05) is 0 Å². The van der Waals surface area contributed by atoms with Gasteiger partial charge >= 0.3 is 0 Å². The van der Waals surface area contributed by atoms with Gasteiger partial charge in [-0.2, -0.15) is 0 Å². The number of hydrazine groups is 1. The van der Waals surface area contributed by atoms with Crippen molar-refractivity contribution in [3.63, 3.8) is 0 Å². The molecule has 0 aliphatic heterocycles. The molecule has 78 valence electrons. The molecule has 2 unspecified atom stereocenters. The average molecular weight is 186 g/mol. The van der Waals surface area contributed by atoms with Crippen LogP contribution in [0.4, 0.5) is 0 Å². The summed E-state index contributed by atoms with van der Waals surface area (Å²) in [6.07, 6.45) is 4.18. The Morgan fingerprint density at radius 2 is 2.00 bits per heavy atom. The molecule has 0 radical (unpaired) electrons. The molecule has 0 bridgehead atoms. The molecule has 1 saturated carbocycles. The molecular formula is C10H22N2O. The number of hydrogen-bond acceptors (Lipinski definition) is 3. The molecule has 0 aromatic heterocycles. The van der Waals surface area contributed by atoms with Crippen molar-refractivity contribution >= 4 is 0 Å². The second-order valence-corrected chi connectivity index (χ2v) is 4.33. The van der Waals surface area contributed by atoms with Crippen LogP contribution in [-0.2, 0) is 4.74 Å². The quantitative estimate of drug-likeness (QED) is 0.502. The van der Waals surface area contributed by atoms with Crippen LogP contribution in [0.1, 0.15) is 33.1 Å². The van der Waals surface area contributed by atoms with E-state index in [1.54, 1.807) is 7.11 Å². The SMILES string of the molecule is COC(C(C)C)C(NN)C1CCC1. The highest BCUT2D eigenvalue weighted by molar-refractivity contribution is 4.88. The number of nitrogens with one attached hydrogen (secondary N) is 1. The molecule has 13 heavy (non-hydrogen) atoms. The number of methoxy groups -OCH3 is 1. The summed E-state index contributed by atoms with van der Waals surface area (Å²) in [4.78, 5) is 0. The summed E-state index contributed by atoms with van der Waals surface area (Å²) < 4.78 is 5.48. The molecule has 1 aliphatic carbocycles. The van der Waals surface area contributed by atoms with Crippen LogP contribution in [0.15, 0.2) is 0 Å². The largest absolute Gasteiger partial charge is 0.380 e. The monoisotopic (exact) mass is 186 g/mol. The maximum atomic E-state index is 5.57. The minimum Gasteiger partial charge on any atom is -0.380 e. The zero-order valence-corrected chi connectivity index (χ0v) is 8.92. The number of ether oxygens (including phenoxy) is 1. The first-order valence-electron chi connectivity index (χ1n) is 5.19. The zero-order valence-electron chi connectivity index (χ0n) is 8.92. The predicted molar refractivity (Wildman–Crippen MR) is 54.1 cm³/mol. The summed E-state index contributed by atoms with van der Waals surface area (Å²) in [7, 11) is 1.77. The van der Waals surface area contributed by atoms with Gasteiger partial charge in [-0.05, 0) is 24.7 Å². The highest BCUT2D eigenvalue weighted by Crippen LogP contribution is 2.32. The topological polar surface area (TPSA) is 47.3 Å². The molecule has 2 atom stereocenters. The van der Waals surface area contributed by atoms with Gasteiger partial charge in [0.15, 0.2) is 0 Å². The van der Waals surface area contributed by atoms with E-state index < -0.39 is 0 Å². The number of hydrogen-bond donors (Lipinski definition) is 2. The van der Waals surface area contributed by atoms with Crippen LogP contribution in [0.3, 0.4) is 0 Å². The van der Waals surface area contributed by atoms with E-state index in [-0.39, 0.29) is 6.10 Å². The third kappa shape index (κ3) is 2.42. The van der Waals surface area contributed by atoms with Crippen LogP contribution >= 0.6 is 0 Å². The molecule has 1 aliphatic rings. The van der Waals surface area contributed by atoms with Gasteiger partial charge in [0.1, 0.15) is 0 Å². The van der Waals surface area contributed by atoms with Crippen molar-refractivity contribution in [1.82, 2.24) is 5.43 Å². The van der Waals surface area contributed by atoms with E-state index in [9.17, 15) is 0 Å². The third-order valence-electron chi connectivity index (χ3n) is 3.13. The van der Waals surface area contributed by atoms with Crippen LogP contribution in [0.2, 0.25) is 0 Å². The summed E-state index contributed by atoms with van der Waals surface area (Å²) in [6, 6.07) is 0.332. The second kappa shape index (κ2) is 4.94. The Hall–Kier alpha value is -0.120. The van der Waals surface area contributed by atoms with Gasteiger partial charge in [-0.25, -0.2) is 0 Å². The van der Waals surface area contributed by atoms with Crippen LogP contribution < -0.4 is 11.3 Å². The van der Waals surface area contributed by atoms with E-state index in [0.29, 0.717) is 12.0 Å². The summed E-state index contributed by atoms with van der Waals surface area (Å²) >= 11 is 0. The van der Waals surface area contributed by atoms with E-state index in [2.05, 4.69) is 19.3 Å². The fourth-order valence-electron chi connectivity index (χ4n) is 2.13. The lowest BCUT2D eigenvalue weighted by atomic mass is 9.76. The summed E-state index contributed by atoms with van der Waals surface area (Å²) in [5.74, 6) is 6.81. The first-order chi connectivity index (χ1) is 6.20. The average Bonchev–Trinajstić information content (AvgIpc) is 1.99. The lowest BCUT2D eigenvalue weighted by Gasteiger charge is -2.39. The molecule has 3 nitrogen and oxygen atoms in total. The van der Waals surface area contributed by atoms with Gasteiger partial charge in [-0.1, -0.05) is 20.3 Å². The van der Waals surface area contributed by atoms with Crippen molar-refractivity contribution in [1.29, 1.82) is 0 Å². The number of rotatable bonds is 5. The molecule has 0 aromatic rings. The summed E-state index contributed by atoms with van der Waals surface area (Å²) in [5.41, 5.74) is 2.91. The Morgan fingerprint density at radius 3 is 2.23 bits per heavy atom. The molecule has 0 heterocycles. The van der Waals surface area contributed by atoms with Crippen LogP contribution in [0.25, 0.3) is 0 Å². The van der Waals surface area contributed by atoms with Crippen molar-refractivity contribution in [3.05, 3.63) is 0 Å². The Balaban J connectivity index is 2.50. The van der Waals surface area contributed by atoms with Crippen molar-refractivity contribution in [2.45, 2.75) is 45.3 Å². The van der Waals surface area contributed by atoms with Crippen LogP contribution in [0, 0.1) is 11.8 Å². The molecule has 0 saturated heterocycles. The highest BCUT2D eigenvalue weighted by atomic mass is 16.5. The van der Waals surface area contributed by atoms with Gasteiger partial charge in [0.05, 0.1) is 12.1 Å². The van der Waals surface area contributed by atoms with E-state index >= 15 is 0 Å². The fourth-order valence-corrected chi connectivity index (χ4v) is 2.13. The van der Waals surface area contributed by atoms with Gasteiger partial charge < -0.3 is 4.74 Å².